The third kappa shape index (κ3) is 8.72. The van der Waals surface area contributed by atoms with Crippen molar-refractivity contribution in [2.75, 3.05) is 40.3 Å². The Morgan fingerprint density at radius 2 is 1.72 bits per heavy atom. The Bertz CT molecular complexity index is 713. The van der Waals surface area contributed by atoms with E-state index in [0.717, 1.165) is 50.5 Å². The number of hydrogen-bond acceptors (Lipinski definition) is 4. The molecule has 0 amide bonds. The summed E-state index contributed by atoms with van der Waals surface area (Å²) in [6.45, 7) is 13.2. The predicted molar refractivity (Wildman–Crippen MR) is 122 cm³/mol. The van der Waals surface area contributed by atoms with Gasteiger partial charge in [0.05, 0.1) is 11.4 Å². The number of aliphatic imine (C=N–C) groups is 1. The largest absolute Gasteiger partial charge is 0.357 e. The summed E-state index contributed by atoms with van der Waals surface area (Å²) >= 11 is 0. The molecule has 0 radical (unpaired) electrons. The molecule has 0 saturated heterocycles. The van der Waals surface area contributed by atoms with Gasteiger partial charge in [-0.3, -0.25) is 0 Å². The Balaban J connectivity index is 2.65. The number of rotatable bonds is 12. The Morgan fingerprint density at radius 3 is 2.24 bits per heavy atom. The first-order chi connectivity index (χ1) is 13.7. The van der Waals surface area contributed by atoms with Crippen molar-refractivity contribution < 1.29 is 8.42 Å². The third-order valence-electron chi connectivity index (χ3n) is 4.85. The van der Waals surface area contributed by atoms with E-state index in [-0.39, 0.29) is 0 Å². The monoisotopic (exact) mass is 425 g/mol. The molecule has 0 heterocycles. The van der Waals surface area contributed by atoms with Crippen LogP contribution in [0.25, 0.3) is 0 Å². The number of nitrogens with zero attached hydrogens (tertiary/aromatic N) is 3. The zero-order valence-electron chi connectivity index (χ0n) is 18.9. The molecule has 1 aromatic carbocycles. The van der Waals surface area contributed by atoms with Crippen LogP contribution in [0.2, 0.25) is 0 Å². The average molecular weight is 426 g/mol. The van der Waals surface area contributed by atoms with Crippen LogP contribution in [0.5, 0.6) is 0 Å². The normalized spacial score (nSPS) is 13.7. The van der Waals surface area contributed by atoms with Gasteiger partial charge >= 0.3 is 0 Å². The van der Waals surface area contributed by atoms with Crippen molar-refractivity contribution in [1.29, 1.82) is 0 Å². The lowest BCUT2D eigenvalue weighted by molar-refractivity contribution is 0.292. The Kier molecular flexibility index (Phi) is 11.2. The molecule has 1 rings (SSSR count). The van der Waals surface area contributed by atoms with Crippen LogP contribution in [0.4, 0.5) is 0 Å². The minimum Gasteiger partial charge on any atom is -0.357 e. The molecule has 29 heavy (non-hydrogen) atoms. The number of nitrogens with one attached hydrogen (secondary N) is 2. The van der Waals surface area contributed by atoms with Crippen LogP contribution in [-0.4, -0.2) is 69.9 Å². The van der Waals surface area contributed by atoms with Gasteiger partial charge in [0.15, 0.2) is 5.96 Å². The molecular weight excluding hydrogens is 386 g/mol. The molecule has 0 fully saturated rings. The summed E-state index contributed by atoms with van der Waals surface area (Å²) in [7, 11) is -0.333. The van der Waals surface area contributed by atoms with E-state index >= 15 is 0 Å². The summed E-state index contributed by atoms with van der Waals surface area (Å²) < 4.78 is 25.5. The summed E-state index contributed by atoms with van der Waals surface area (Å²) in [5.74, 6) is 0.785. The molecule has 7 nitrogen and oxygen atoms in total. The molecule has 0 aromatic heterocycles. The van der Waals surface area contributed by atoms with E-state index in [1.165, 1.54) is 18.4 Å². The minimum absolute atomic E-state index is 0.294. The highest BCUT2D eigenvalue weighted by atomic mass is 32.2. The van der Waals surface area contributed by atoms with Crippen molar-refractivity contribution in [2.45, 2.75) is 58.0 Å². The molecule has 0 saturated carbocycles. The fourth-order valence-corrected chi connectivity index (χ4v) is 3.84. The van der Waals surface area contributed by atoms with Gasteiger partial charge in [0.1, 0.15) is 0 Å². The van der Waals surface area contributed by atoms with Gasteiger partial charge in [0.2, 0.25) is 10.0 Å². The predicted octanol–water partition coefficient (Wildman–Crippen LogP) is 2.50. The van der Waals surface area contributed by atoms with Gasteiger partial charge < -0.3 is 15.5 Å². The first-order valence-electron chi connectivity index (χ1n) is 10.5. The molecule has 8 heteroatoms. The van der Waals surface area contributed by atoms with Crippen LogP contribution < -0.4 is 10.6 Å². The SMILES string of the molecule is CCNC(=NCc1ccc(S(=O)(=O)N(C)C)cc1)NC(C)CCCN(CC)CC. The smallest absolute Gasteiger partial charge is 0.242 e. The van der Waals surface area contributed by atoms with Crippen LogP contribution in [0.1, 0.15) is 46.1 Å². The van der Waals surface area contributed by atoms with Gasteiger partial charge in [-0.15, -0.1) is 0 Å². The van der Waals surface area contributed by atoms with Crippen molar-refractivity contribution in [1.82, 2.24) is 19.8 Å². The summed E-state index contributed by atoms with van der Waals surface area (Å²) in [6, 6.07) is 7.23. The average Bonchev–Trinajstić information content (AvgIpc) is 2.69. The number of sulfonamides is 1. The fourth-order valence-electron chi connectivity index (χ4n) is 2.93. The van der Waals surface area contributed by atoms with Gasteiger partial charge in [-0.1, -0.05) is 26.0 Å². The van der Waals surface area contributed by atoms with Gasteiger partial charge in [0.25, 0.3) is 0 Å². The first kappa shape index (κ1) is 25.4. The number of guanidine groups is 1. The molecule has 1 atom stereocenters. The topological polar surface area (TPSA) is 77.0 Å². The van der Waals surface area contributed by atoms with Gasteiger partial charge in [0, 0.05) is 26.7 Å². The number of benzene rings is 1. The van der Waals surface area contributed by atoms with E-state index in [1.54, 1.807) is 12.1 Å². The van der Waals surface area contributed by atoms with E-state index in [0.29, 0.717) is 17.5 Å². The van der Waals surface area contributed by atoms with Crippen LogP contribution >= 0.6 is 0 Å². The van der Waals surface area contributed by atoms with Crippen LogP contribution in [0, 0.1) is 0 Å². The van der Waals surface area contributed by atoms with Gasteiger partial charge in [-0.2, -0.15) is 0 Å². The molecule has 0 aliphatic rings. The molecule has 0 aliphatic heterocycles. The molecule has 0 aliphatic carbocycles. The second kappa shape index (κ2) is 12.8. The minimum atomic E-state index is -3.40. The van der Waals surface area contributed by atoms with Gasteiger partial charge in [-0.25, -0.2) is 17.7 Å². The summed E-state index contributed by atoms with van der Waals surface area (Å²) in [4.78, 5) is 7.38. The highest BCUT2D eigenvalue weighted by molar-refractivity contribution is 7.89. The highest BCUT2D eigenvalue weighted by Gasteiger charge is 2.16. The molecule has 166 valence electrons. The van der Waals surface area contributed by atoms with Crippen LogP contribution in [-0.2, 0) is 16.6 Å². The van der Waals surface area contributed by atoms with E-state index in [4.69, 9.17) is 0 Å². The molecule has 1 aromatic rings. The second-order valence-electron chi connectivity index (χ2n) is 7.34. The quantitative estimate of drug-likeness (QED) is 0.397. The van der Waals surface area contributed by atoms with E-state index in [2.05, 4.69) is 41.3 Å². The van der Waals surface area contributed by atoms with Crippen molar-refractivity contribution in [3.05, 3.63) is 29.8 Å². The Hall–Kier alpha value is -1.64. The van der Waals surface area contributed by atoms with Crippen molar-refractivity contribution >= 4 is 16.0 Å². The maximum absolute atomic E-state index is 12.2. The maximum Gasteiger partial charge on any atom is 0.242 e. The zero-order chi connectivity index (χ0) is 21.9. The van der Waals surface area contributed by atoms with Crippen LogP contribution in [0.15, 0.2) is 34.2 Å². The van der Waals surface area contributed by atoms with Crippen molar-refractivity contribution in [3.63, 3.8) is 0 Å². The standard InChI is InChI=1S/C21H39N5O2S/c1-7-22-21(24-18(4)11-10-16-26(8-2)9-3)23-17-19-12-14-20(15-13-19)29(27,28)25(5)6/h12-15,18H,7-11,16-17H2,1-6H3,(H2,22,23,24). The summed E-state index contributed by atoms with van der Waals surface area (Å²) in [5.41, 5.74) is 0.967. The molecule has 1 unspecified atom stereocenters. The Labute approximate surface area is 177 Å². The molecular formula is C21H39N5O2S. The van der Waals surface area contributed by atoms with E-state index in [1.807, 2.05) is 19.1 Å². The molecule has 2 N–H and O–H groups in total. The summed E-state index contributed by atoms with van der Waals surface area (Å²) in [6.07, 6.45) is 2.23. The van der Waals surface area contributed by atoms with Crippen molar-refractivity contribution in [2.24, 2.45) is 4.99 Å². The highest BCUT2D eigenvalue weighted by Crippen LogP contribution is 2.14. The third-order valence-corrected chi connectivity index (χ3v) is 6.68. The first-order valence-corrected chi connectivity index (χ1v) is 12.0. The lowest BCUT2D eigenvalue weighted by Gasteiger charge is -2.21. The Morgan fingerprint density at radius 1 is 1.10 bits per heavy atom. The number of hydrogen-bond donors (Lipinski definition) is 2. The molecule has 0 bridgehead atoms. The molecule has 0 spiro atoms. The van der Waals surface area contributed by atoms with E-state index < -0.39 is 10.0 Å². The zero-order valence-corrected chi connectivity index (χ0v) is 19.7. The lowest BCUT2D eigenvalue weighted by atomic mass is 10.2. The fraction of sp³-hybridized carbons (Fsp3) is 0.667. The van der Waals surface area contributed by atoms with Gasteiger partial charge in [-0.05, 0) is 64.0 Å². The van der Waals surface area contributed by atoms with Crippen LogP contribution in [0.3, 0.4) is 0 Å². The maximum atomic E-state index is 12.2. The van der Waals surface area contributed by atoms with E-state index in [9.17, 15) is 8.42 Å². The second-order valence-corrected chi connectivity index (χ2v) is 9.49. The van der Waals surface area contributed by atoms with Crippen molar-refractivity contribution in [3.8, 4) is 0 Å². The lowest BCUT2D eigenvalue weighted by Crippen LogP contribution is -2.42. The summed E-state index contributed by atoms with van der Waals surface area (Å²) in [5, 5.41) is 6.75.